The molecule has 4 aromatic rings. The van der Waals surface area contributed by atoms with E-state index in [1.807, 2.05) is 12.1 Å². The summed E-state index contributed by atoms with van der Waals surface area (Å²) in [7, 11) is 2.26. The first-order chi connectivity index (χ1) is 11.8. The van der Waals surface area contributed by atoms with Crippen molar-refractivity contribution in [1.82, 2.24) is 0 Å². The summed E-state index contributed by atoms with van der Waals surface area (Å²) in [5, 5.41) is 12.0. The van der Waals surface area contributed by atoms with Gasteiger partial charge in [0.1, 0.15) is 5.75 Å². The van der Waals surface area contributed by atoms with Gasteiger partial charge in [-0.25, -0.2) is 0 Å². The molecule has 1 N–H and O–H groups in total. The number of rotatable bonds is 0. The second kappa shape index (κ2) is 5.00. The maximum absolute atomic E-state index is 9.82. The van der Waals surface area contributed by atoms with Crippen molar-refractivity contribution in [2.45, 2.75) is 0 Å². The first kappa shape index (κ1) is 13.4. The molecule has 1 heterocycles. The van der Waals surface area contributed by atoms with Crippen LogP contribution in [0.25, 0.3) is 33.0 Å². The van der Waals surface area contributed by atoms with Gasteiger partial charge in [-0.3, -0.25) is 0 Å². The van der Waals surface area contributed by atoms with E-state index in [2.05, 4.69) is 67.9 Å². The zero-order valence-corrected chi connectivity index (χ0v) is 13.0. The molecule has 0 amide bonds. The molecule has 1 nitrogen and oxygen atoms in total. The predicted molar refractivity (Wildman–Crippen MR) is 102 cm³/mol. The van der Waals surface area contributed by atoms with Crippen molar-refractivity contribution in [3.8, 4) is 28.0 Å². The van der Waals surface area contributed by atoms with E-state index in [0.717, 1.165) is 10.8 Å². The molecule has 1 aliphatic heterocycles. The van der Waals surface area contributed by atoms with Crippen LogP contribution in [0, 0.1) is 0 Å². The summed E-state index contributed by atoms with van der Waals surface area (Å²) in [5.41, 5.74) is 7.41. The largest absolute Gasteiger partial charge is 0.508 e. The highest BCUT2D eigenvalue weighted by Gasteiger charge is 2.19. The summed E-state index contributed by atoms with van der Waals surface area (Å²) < 4.78 is 0. The molecule has 0 aliphatic carbocycles. The Bertz CT molecular complexity index is 1100. The molecule has 1 radical (unpaired) electrons. The van der Waals surface area contributed by atoms with Crippen LogP contribution in [0.3, 0.4) is 0 Å². The van der Waals surface area contributed by atoms with E-state index in [9.17, 15) is 5.11 Å². The van der Waals surface area contributed by atoms with Crippen molar-refractivity contribution < 1.29 is 5.11 Å². The Morgan fingerprint density at radius 3 is 2.08 bits per heavy atom. The van der Waals surface area contributed by atoms with Crippen molar-refractivity contribution >= 4 is 29.0 Å². The van der Waals surface area contributed by atoms with E-state index < -0.39 is 0 Å². The number of benzene rings is 4. The lowest BCUT2D eigenvalue weighted by Crippen LogP contribution is -2.28. The van der Waals surface area contributed by atoms with Crippen LogP contribution in [-0.2, 0) is 0 Å². The summed E-state index contributed by atoms with van der Waals surface area (Å²) >= 11 is 0. The minimum atomic E-state index is 0.302. The van der Waals surface area contributed by atoms with Crippen LogP contribution in [0.15, 0.2) is 78.9 Å². The van der Waals surface area contributed by atoms with E-state index >= 15 is 0 Å². The third-order valence-electron chi connectivity index (χ3n) is 4.77. The third-order valence-corrected chi connectivity index (χ3v) is 4.77. The Morgan fingerprint density at radius 1 is 0.542 bits per heavy atom. The van der Waals surface area contributed by atoms with Gasteiger partial charge in [0.15, 0.2) is 7.28 Å². The van der Waals surface area contributed by atoms with Crippen LogP contribution >= 0.6 is 0 Å². The highest BCUT2D eigenvalue weighted by molar-refractivity contribution is 6.71. The van der Waals surface area contributed by atoms with Gasteiger partial charge in [-0.1, -0.05) is 71.6 Å². The first-order valence-corrected chi connectivity index (χ1v) is 8.10. The molecule has 4 aromatic carbocycles. The Labute approximate surface area is 141 Å². The number of hydrogen-bond donors (Lipinski definition) is 1. The van der Waals surface area contributed by atoms with Gasteiger partial charge in [0, 0.05) is 0 Å². The number of hydrogen-bond acceptors (Lipinski definition) is 1. The highest BCUT2D eigenvalue weighted by Crippen LogP contribution is 2.34. The fraction of sp³-hybridized carbons (Fsp3) is 0. The van der Waals surface area contributed by atoms with Gasteiger partial charge in [-0.05, 0) is 51.2 Å². The van der Waals surface area contributed by atoms with Crippen molar-refractivity contribution in [3.05, 3.63) is 78.9 Å². The Balaban J connectivity index is 1.90. The minimum absolute atomic E-state index is 0.302. The van der Waals surface area contributed by atoms with E-state index in [4.69, 9.17) is 0 Å². The van der Waals surface area contributed by atoms with E-state index in [1.165, 1.54) is 33.2 Å². The Morgan fingerprint density at radius 2 is 1.25 bits per heavy atom. The molecule has 0 unspecified atom stereocenters. The average molecular weight is 305 g/mol. The molecule has 0 bridgehead atoms. The average Bonchev–Trinajstić information content (AvgIpc) is 2.75. The Hall–Kier alpha value is -3.00. The minimum Gasteiger partial charge on any atom is -0.508 e. The van der Waals surface area contributed by atoms with Crippen LogP contribution in [-0.4, -0.2) is 12.4 Å². The maximum Gasteiger partial charge on any atom is 0.193 e. The molecule has 1 aliphatic rings. The first-order valence-electron chi connectivity index (χ1n) is 8.10. The monoisotopic (exact) mass is 305 g/mol. The van der Waals surface area contributed by atoms with Crippen molar-refractivity contribution in [3.63, 3.8) is 0 Å². The molecular weight excluding hydrogens is 291 g/mol. The molecule has 0 saturated carbocycles. The normalized spacial score (nSPS) is 11.8. The molecule has 0 fully saturated rings. The second-order valence-corrected chi connectivity index (χ2v) is 6.25. The maximum atomic E-state index is 9.82. The van der Waals surface area contributed by atoms with Gasteiger partial charge in [0.2, 0.25) is 0 Å². The van der Waals surface area contributed by atoms with E-state index in [1.54, 1.807) is 6.07 Å². The fourth-order valence-corrected chi connectivity index (χ4v) is 3.64. The molecular formula is C22H14BO. The zero-order chi connectivity index (χ0) is 16.1. The van der Waals surface area contributed by atoms with Crippen LogP contribution < -0.4 is 10.9 Å². The molecule has 2 heteroatoms. The number of fused-ring (bicyclic) bond motifs is 6. The van der Waals surface area contributed by atoms with E-state index in [0.29, 0.717) is 5.75 Å². The fourth-order valence-electron chi connectivity index (χ4n) is 3.64. The standard InChI is InChI=1S/C22H14BO/c24-16-10-9-14-13-22-20(12-15(14)11-16)18-6-2-1-5-17(18)19-7-3-4-8-21(19)23-22/h1-13,24H. The SMILES string of the molecule is Oc1ccc2cc3c(cc2c1)-c1ccccc1-c1ccccc1[B]3. The van der Waals surface area contributed by atoms with Gasteiger partial charge in [0.25, 0.3) is 0 Å². The summed E-state index contributed by atoms with van der Waals surface area (Å²) in [6.45, 7) is 0. The van der Waals surface area contributed by atoms with Crippen molar-refractivity contribution in [2.75, 3.05) is 0 Å². The summed E-state index contributed by atoms with van der Waals surface area (Å²) in [4.78, 5) is 0. The van der Waals surface area contributed by atoms with Gasteiger partial charge in [-0.15, -0.1) is 0 Å². The highest BCUT2D eigenvalue weighted by atomic mass is 16.3. The van der Waals surface area contributed by atoms with Gasteiger partial charge < -0.3 is 5.11 Å². The zero-order valence-electron chi connectivity index (χ0n) is 13.0. The lowest BCUT2D eigenvalue weighted by atomic mass is 9.61. The molecule has 0 saturated heterocycles. The van der Waals surface area contributed by atoms with E-state index in [-0.39, 0.29) is 0 Å². The van der Waals surface area contributed by atoms with Crippen LogP contribution in [0.2, 0.25) is 0 Å². The molecule has 0 spiro atoms. The lowest BCUT2D eigenvalue weighted by Gasteiger charge is -2.12. The summed E-state index contributed by atoms with van der Waals surface area (Å²) in [6.07, 6.45) is 0. The molecule has 5 rings (SSSR count). The van der Waals surface area contributed by atoms with Crippen LogP contribution in [0.1, 0.15) is 0 Å². The molecule has 111 valence electrons. The van der Waals surface area contributed by atoms with Crippen LogP contribution in [0.4, 0.5) is 0 Å². The molecule has 0 atom stereocenters. The van der Waals surface area contributed by atoms with Gasteiger partial charge in [0.05, 0.1) is 0 Å². The van der Waals surface area contributed by atoms with Crippen molar-refractivity contribution in [2.24, 2.45) is 0 Å². The van der Waals surface area contributed by atoms with Crippen molar-refractivity contribution in [1.29, 1.82) is 0 Å². The van der Waals surface area contributed by atoms with Crippen LogP contribution in [0.5, 0.6) is 5.75 Å². The number of aromatic hydroxyl groups is 1. The molecule has 24 heavy (non-hydrogen) atoms. The quantitative estimate of drug-likeness (QED) is 0.431. The molecule has 0 aromatic heterocycles. The smallest absolute Gasteiger partial charge is 0.193 e. The summed E-state index contributed by atoms with van der Waals surface area (Å²) in [5.74, 6) is 0.302. The predicted octanol–water partition coefficient (Wildman–Crippen LogP) is 3.85. The number of phenols is 1. The summed E-state index contributed by atoms with van der Waals surface area (Å²) in [6, 6.07) is 27.0. The van der Waals surface area contributed by atoms with Gasteiger partial charge in [-0.2, -0.15) is 0 Å². The van der Waals surface area contributed by atoms with Gasteiger partial charge >= 0.3 is 0 Å². The number of phenolic OH excluding ortho intramolecular Hbond substituents is 1. The topological polar surface area (TPSA) is 20.2 Å². The lowest BCUT2D eigenvalue weighted by molar-refractivity contribution is 0.476. The third kappa shape index (κ3) is 1.96. The second-order valence-electron chi connectivity index (χ2n) is 6.25. The Kier molecular flexibility index (Phi) is 2.80.